The standard InChI is InChI=1S/C19H14N2O2S/c1-22-14-8-5-9-15(10-14)23-18-16-11-17(13-6-3-2-4-7-13)24-19(16)21-12-20-18/h2-12H,1H3. The van der Waals surface area contributed by atoms with Gasteiger partial charge in [-0.15, -0.1) is 11.3 Å². The third kappa shape index (κ3) is 2.81. The van der Waals surface area contributed by atoms with Gasteiger partial charge in [-0.2, -0.15) is 0 Å². The number of benzene rings is 2. The van der Waals surface area contributed by atoms with E-state index in [1.807, 2.05) is 42.5 Å². The quantitative estimate of drug-likeness (QED) is 0.517. The lowest BCUT2D eigenvalue weighted by Gasteiger charge is -2.06. The van der Waals surface area contributed by atoms with Crippen molar-refractivity contribution in [3.8, 4) is 27.8 Å². The number of aromatic nitrogens is 2. The van der Waals surface area contributed by atoms with E-state index in [0.29, 0.717) is 11.6 Å². The molecule has 0 amide bonds. The average Bonchev–Trinajstić information content (AvgIpc) is 3.08. The van der Waals surface area contributed by atoms with Gasteiger partial charge in [0.25, 0.3) is 0 Å². The molecule has 4 aromatic rings. The number of fused-ring (bicyclic) bond motifs is 1. The maximum Gasteiger partial charge on any atom is 0.231 e. The van der Waals surface area contributed by atoms with Crippen molar-refractivity contribution >= 4 is 21.6 Å². The number of nitrogens with zero attached hydrogens (tertiary/aromatic N) is 2. The lowest BCUT2D eigenvalue weighted by Crippen LogP contribution is -1.90. The normalized spacial score (nSPS) is 10.7. The Morgan fingerprint density at radius 1 is 0.875 bits per heavy atom. The average molecular weight is 334 g/mol. The molecular weight excluding hydrogens is 320 g/mol. The molecule has 0 spiro atoms. The summed E-state index contributed by atoms with van der Waals surface area (Å²) in [6.07, 6.45) is 1.53. The summed E-state index contributed by atoms with van der Waals surface area (Å²) in [4.78, 5) is 10.7. The second-order valence-electron chi connectivity index (χ2n) is 5.16. The van der Waals surface area contributed by atoms with E-state index in [1.54, 1.807) is 18.4 Å². The molecule has 4 nitrogen and oxygen atoms in total. The summed E-state index contributed by atoms with van der Waals surface area (Å²) in [5.41, 5.74) is 1.16. The van der Waals surface area contributed by atoms with E-state index in [4.69, 9.17) is 9.47 Å². The Labute approximate surface area is 143 Å². The topological polar surface area (TPSA) is 44.2 Å². The summed E-state index contributed by atoms with van der Waals surface area (Å²) in [7, 11) is 1.63. The molecule has 0 atom stereocenters. The van der Waals surface area contributed by atoms with Gasteiger partial charge in [-0.1, -0.05) is 36.4 Å². The Balaban J connectivity index is 1.74. The van der Waals surface area contributed by atoms with E-state index in [-0.39, 0.29) is 0 Å². The van der Waals surface area contributed by atoms with Gasteiger partial charge in [-0.05, 0) is 23.8 Å². The lowest BCUT2D eigenvalue weighted by atomic mass is 10.2. The fourth-order valence-electron chi connectivity index (χ4n) is 2.44. The van der Waals surface area contributed by atoms with Gasteiger partial charge in [0, 0.05) is 10.9 Å². The van der Waals surface area contributed by atoms with Crippen LogP contribution in [0.5, 0.6) is 17.4 Å². The number of hydrogen-bond acceptors (Lipinski definition) is 5. The van der Waals surface area contributed by atoms with Crippen molar-refractivity contribution in [3.05, 3.63) is 67.0 Å². The van der Waals surface area contributed by atoms with Crippen molar-refractivity contribution < 1.29 is 9.47 Å². The summed E-state index contributed by atoms with van der Waals surface area (Å²) in [5, 5.41) is 0.907. The fourth-order valence-corrected chi connectivity index (χ4v) is 3.43. The zero-order chi connectivity index (χ0) is 16.4. The predicted molar refractivity (Wildman–Crippen MR) is 95.9 cm³/mol. The third-order valence-corrected chi connectivity index (χ3v) is 4.70. The molecular formula is C19H14N2O2S. The Kier molecular flexibility index (Phi) is 3.84. The van der Waals surface area contributed by atoms with Crippen LogP contribution in [0.25, 0.3) is 20.7 Å². The highest BCUT2D eigenvalue weighted by Crippen LogP contribution is 2.37. The van der Waals surface area contributed by atoms with Crippen LogP contribution in [-0.2, 0) is 0 Å². The summed E-state index contributed by atoms with van der Waals surface area (Å²) in [6.45, 7) is 0. The number of rotatable bonds is 4. The Hall–Kier alpha value is -2.92. The molecule has 4 rings (SSSR count). The van der Waals surface area contributed by atoms with Crippen LogP contribution in [-0.4, -0.2) is 17.1 Å². The fraction of sp³-hybridized carbons (Fsp3) is 0.0526. The largest absolute Gasteiger partial charge is 0.497 e. The van der Waals surface area contributed by atoms with Gasteiger partial charge < -0.3 is 9.47 Å². The first-order valence-corrected chi connectivity index (χ1v) is 8.27. The predicted octanol–water partition coefficient (Wildman–Crippen LogP) is 5.16. The highest BCUT2D eigenvalue weighted by molar-refractivity contribution is 7.21. The van der Waals surface area contributed by atoms with E-state index in [2.05, 4.69) is 28.2 Å². The molecule has 0 saturated heterocycles. The summed E-state index contributed by atoms with van der Waals surface area (Å²) in [5.74, 6) is 1.97. The molecule has 118 valence electrons. The molecule has 0 fully saturated rings. The van der Waals surface area contributed by atoms with Crippen LogP contribution in [0.4, 0.5) is 0 Å². The van der Waals surface area contributed by atoms with Crippen LogP contribution in [0.3, 0.4) is 0 Å². The second kappa shape index (κ2) is 6.29. The van der Waals surface area contributed by atoms with Gasteiger partial charge in [0.15, 0.2) is 0 Å². The van der Waals surface area contributed by atoms with Crippen molar-refractivity contribution in [2.24, 2.45) is 0 Å². The van der Waals surface area contributed by atoms with Crippen LogP contribution in [0.15, 0.2) is 67.0 Å². The zero-order valence-corrected chi connectivity index (χ0v) is 13.8. The third-order valence-electron chi connectivity index (χ3n) is 3.61. The van der Waals surface area contributed by atoms with Crippen molar-refractivity contribution in [1.82, 2.24) is 9.97 Å². The molecule has 0 aliphatic heterocycles. The number of ether oxygens (including phenoxy) is 2. The van der Waals surface area contributed by atoms with Crippen molar-refractivity contribution in [2.45, 2.75) is 0 Å². The van der Waals surface area contributed by atoms with E-state index in [9.17, 15) is 0 Å². The minimum atomic E-state index is 0.548. The maximum absolute atomic E-state index is 5.96. The molecule has 0 radical (unpaired) electrons. The summed E-state index contributed by atoms with van der Waals surface area (Å²) >= 11 is 1.63. The van der Waals surface area contributed by atoms with Crippen LogP contribution in [0.1, 0.15) is 0 Å². The molecule has 24 heavy (non-hydrogen) atoms. The van der Waals surface area contributed by atoms with Gasteiger partial charge in [-0.3, -0.25) is 0 Å². The molecule has 0 N–H and O–H groups in total. The molecule has 2 heterocycles. The van der Waals surface area contributed by atoms with E-state index < -0.39 is 0 Å². The number of hydrogen-bond donors (Lipinski definition) is 0. The lowest BCUT2D eigenvalue weighted by molar-refractivity contribution is 0.408. The number of thiophene rings is 1. The van der Waals surface area contributed by atoms with Crippen molar-refractivity contribution in [1.29, 1.82) is 0 Å². The van der Waals surface area contributed by atoms with Gasteiger partial charge in [0.05, 0.1) is 12.5 Å². The first-order valence-electron chi connectivity index (χ1n) is 7.45. The highest BCUT2D eigenvalue weighted by atomic mass is 32.1. The Morgan fingerprint density at radius 2 is 1.71 bits per heavy atom. The maximum atomic E-state index is 5.96. The Bertz CT molecular complexity index is 983. The summed E-state index contributed by atoms with van der Waals surface area (Å²) < 4.78 is 11.2. The van der Waals surface area contributed by atoms with Crippen molar-refractivity contribution in [3.63, 3.8) is 0 Å². The molecule has 0 aliphatic rings. The highest BCUT2D eigenvalue weighted by Gasteiger charge is 2.12. The SMILES string of the molecule is COc1cccc(Oc2ncnc3sc(-c4ccccc4)cc23)c1. The van der Waals surface area contributed by atoms with E-state index in [0.717, 1.165) is 26.4 Å². The first kappa shape index (κ1) is 14.7. The van der Waals surface area contributed by atoms with Crippen LogP contribution in [0, 0.1) is 0 Å². The summed E-state index contributed by atoms with van der Waals surface area (Å²) in [6, 6.07) is 19.8. The molecule has 0 saturated carbocycles. The van der Waals surface area contributed by atoms with E-state index >= 15 is 0 Å². The second-order valence-corrected chi connectivity index (χ2v) is 6.19. The monoisotopic (exact) mass is 334 g/mol. The first-order chi connectivity index (χ1) is 11.8. The van der Waals surface area contributed by atoms with E-state index in [1.165, 1.54) is 6.33 Å². The minimum absolute atomic E-state index is 0.548. The molecule has 2 aromatic heterocycles. The van der Waals surface area contributed by atoms with Crippen LogP contribution in [0.2, 0.25) is 0 Å². The smallest absolute Gasteiger partial charge is 0.231 e. The molecule has 2 aromatic carbocycles. The molecule has 0 aliphatic carbocycles. The van der Waals surface area contributed by atoms with Gasteiger partial charge in [0.1, 0.15) is 22.7 Å². The van der Waals surface area contributed by atoms with Gasteiger partial charge in [-0.25, -0.2) is 9.97 Å². The Morgan fingerprint density at radius 3 is 2.54 bits per heavy atom. The molecule has 5 heteroatoms. The van der Waals surface area contributed by atoms with Crippen molar-refractivity contribution in [2.75, 3.05) is 7.11 Å². The zero-order valence-electron chi connectivity index (χ0n) is 13.0. The van der Waals surface area contributed by atoms with Gasteiger partial charge >= 0.3 is 0 Å². The molecule has 0 bridgehead atoms. The van der Waals surface area contributed by atoms with Crippen LogP contribution < -0.4 is 9.47 Å². The molecule has 0 unspecified atom stereocenters. The van der Waals surface area contributed by atoms with Crippen LogP contribution >= 0.6 is 11.3 Å². The number of methoxy groups -OCH3 is 1. The minimum Gasteiger partial charge on any atom is -0.497 e. The van der Waals surface area contributed by atoms with Gasteiger partial charge in [0.2, 0.25) is 5.88 Å².